The van der Waals surface area contributed by atoms with E-state index in [1.165, 1.54) is 12.1 Å². The molecule has 3 atom stereocenters. The van der Waals surface area contributed by atoms with E-state index in [2.05, 4.69) is 0 Å². The second-order valence-electron chi connectivity index (χ2n) is 5.39. The first kappa shape index (κ1) is 15.8. The van der Waals surface area contributed by atoms with Crippen molar-refractivity contribution >= 4 is 33.0 Å². The van der Waals surface area contributed by atoms with Gasteiger partial charge in [-0.15, -0.1) is 0 Å². The highest BCUT2D eigenvalue weighted by Crippen LogP contribution is 2.53. The third kappa shape index (κ3) is 2.76. The second-order valence-corrected chi connectivity index (χ2v) is 8.37. The van der Waals surface area contributed by atoms with Crippen LogP contribution >= 0.6 is 23.2 Å². The molecule has 1 fully saturated rings. The Labute approximate surface area is 139 Å². The number of halogens is 2. The van der Waals surface area contributed by atoms with Crippen molar-refractivity contribution in [2.24, 2.45) is 5.92 Å². The van der Waals surface area contributed by atoms with Crippen molar-refractivity contribution in [3.05, 3.63) is 64.1 Å². The van der Waals surface area contributed by atoms with E-state index in [1.54, 1.807) is 24.3 Å². The summed E-state index contributed by atoms with van der Waals surface area (Å²) in [6, 6.07) is 13.2. The van der Waals surface area contributed by atoms with Crippen LogP contribution in [0.15, 0.2) is 53.4 Å². The number of rotatable bonds is 4. The lowest BCUT2D eigenvalue weighted by Crippen LogP contribution is -2.11. The van der Waals surface area contributed by atoms with Gasteiger partial charge >= 0.3 is 0 Å². The van der Waals surface area contributed by atoms with Crippen LogP contribution in [0.25, 0.3) is 0 Å². The van der Waals surface area contributed by atoms with Gasteiger partial charge < -0.3 is 5.11 Å². The molecule has 116 valence electrons. The molecule has 0 unspecified atom stereocenters. The van der Waals surface area contributed by atoms with Crippen LogP contribution in [-0.2, 0) is 9.84 Å². The van der Waals surface area contributed by atoms with E-state index in [-0.39, 0.29) is 23.3 Å². The molecule has 1 aliphatic carbocycles. The summed E-state index contributed by atoms with van der Waals surface area (Å²) in [6.45, 7) is -0.162. The van der Waals surface area contributed by atoms with Gasteiger partial charge in [0.05, 0.1) is 10.1 Å². The first-order valence-corrected chi connectivity index (χ1v) is 9.11. The van der Waals surface area contributed by atoms with Crippen molar-refractivity contribution in [1.82, 2.24) is 0 Å². The third-order valence-corrected chi connectivity index (χ3v) is 6.86. The van der Waals surface area contributed by atoms with Gasteiger partial charge in [0.2, 0.25) is 0 Å². The summed E-state index contributed by atoms with van der Waals surface area (Å²) in [6.07, 6.45) is 0. The molecule has 2 aromatic carbocycles. The standard InChI is InChI=1S/C16H14Cl2O3S/c17-11-3-1-10(2-4-11)15-14(9-19)16(15)22(20,21)13-7-5-12(18)6-8-13/h1-8,14-16,19H,9H2/t14-,15+,16+/m0/s1. The molecule has 1 aliphatic rings. The number of aliphatic hydroxyl groups is 1. The van der Waals surface area contributed by atoms with E-state index in [9.17, 15) is 13.5 Å². The molecule has 0 heterocycles. The van der Waals surface area contributed by atoms with Crippen molar-refractivity contribution in [1.29, 1.82) is 0 Å². The Balaban J connectivity index is 1.93. The Hall–Kier alpha value is -1.07. The molecule has 1 saturated carbocycles. The largest absolute Gasteiger partial charge is 0.396 e. The predicted octanol–water partition coefficient (Wildman–Crippen LogP) is 3.54. The molecule has 22 heavy (non-hydrogen) atoms. The molecular formula is C16H14Cl2O3S. The lowest BCUT2D eigenvalue weighted by molar-refractivity contribution is 0.274. The van der Waals surface area contributed by atoms with E-state index < -0.39 is 15.1 Å². The molecule has 0 amide bonds. The minimum absolute atomic E-state index is 0.162. The summed E-state index contributed by atoms with van der Waals surface area (Å²) < 4.78 is 25.5. The number of hydrogen-bond acceptors (Lipinski definition) is 3. The SMILES string of the molecule is O=S(=O)(c1ccc(Cl)cc1)[C@@H]1[C@@H](CO)[C@H]1c1ccc(Cl)cc1. The molecule has 0 aliphatic heterocycles. The van der Waals surface area contributed by atoms with Crippen LogP contribution in [-0.4, -0.2) is 25.4 Å². The fraction of sp³-hybridized carbons (Fsp3) is 0.250. The van der Waals surface area contributed by atoms with E-state index >= 15 is 0 Å². The molecular weight excluding hydrogens is 343 g/mol. The Kier molecular flexibility index (Phi) is 4.21. The van der Waals surface area contributed by atoms with Crippen molar-refractivity contribution in [2.75, 3.05) is 6.61 Å². The minimum atomic E-state index is -3.50. The number of aliphatic hydroxyl groups excluding tert-OH is 1. The van der Waals surface area contributed by atoms with Crippen LogP contribution in [0.1, 0.15) is 11.5 Å². The van der Waals surface area contributed by atoms with Gasteiger partial charge in [-0.25, -0.2) is 8.42 Å². The van der Waals surface area contributed by atoms with Crippen LogP contribution < -0.4 is 0 Å². The first-order valence-electron chi connectivity index (χ1n) is 6.81. The van der Waals surface area contributed by atoms with Crippen molar-refractivity contribution in [3.63, 3.8) is 0 Å². The van der Waals surface area contributed by atoms with Crippen molar-refractivity contribution < 1.29 is 13.5 Å². The molecule has 2 aromatic rings. The van der Waals surface area contributed by atoms with Crippen molar-refractivity contribution in [2.45, 2.75) is 16.1 Å². The average molecular weight is 357 g/mol. The number of hydrogen-bond donors (Lipinski definition) is 1. The topological polar surface area (TPSA) is 54.4 Å². The zero-order valence-corrected chi connectivity index (χ0v) is 13.8. The van der Waals surface area contributed by atoms with Gasteiger partial charge in [0, 0.05) is 28.5 Å². The second kappa shape index (κ2) is 5.85. The maximum absolute atomic E-state index is 12.7. The summed E-state index contributed by atoms with van der Waals surface area (Å²) in [4.78, 5) is 0.233. The molecule has 3 nitrogen and oxygen atoms in total. The maximum atomic E-state index is 12.7. The van der Waals surface area contributed by atoms with Gasteiger partial charge in [0.1, 0.15) is 0 Å². The quantitative estimate of drug-likeness (QED) is 0.911. The highest BCUT2D eigenvalue weighted by atomic mass is 35.5. The smallest absolute Gasteiger partial charge is 0.182 e. The minimum Gasteiger partial charge on any atom is -0.396 e. The summed E-state index contributed by atoms with van der Waals surface area (Å²) >= 11 is 11.7. The molecule has 0 saturated heterocycles. The monoisotopic (exact) mass is 356 g/mol. The molecule has 0 spiro atoms. The number of sulfone groups is 1. The van der Waals surface area contributed by atoms with E-state index in [0.717, 1.165) is 5.56 Å². The van der Waals surface area contributed by atoms with E-state index in [4.69, 9.17) is 23.2 Å². The first-order chi connectivity index (χ1) is 10.4. The van der Waals surface area contributed by atoms with Gasteiger partial charge in [-0.1, -0.05) is 35.3 Å². The molecule has 0 radical (unpaired) electrons. The Morgan fingerprint density at radius 1 is 0.909 bits per heavy atom. The van der Waals surface area contributed by atoms with Crippen LogP contribution in [0.2, 0.25) is 10.0 Å². The van der Waals surface area contributed by atoms with Gasteiger partial charge in [-0.3, -0.25) is 0 Å². The average Bonchev–Trinajstić information content (AvgIpc) is 3.24. The zero-order valence-electron chi connectivity index (χ0n) is 11.5. The Bertz CT molecular complexity index is 770. The van der Waals surface area contributed by atoms with Crippen molar-refractivity contribution in [3.8, 4) is 0 Å². The van der Waals surface area contributed by atoms with Crippen LogP contribution in [0, 0.1) is 5.92 Å². The summed E-state index contributed by atoms with van der Waals surface area (Å²) in [5.41, 5.74) is 0.881. The third-order valence-electron chi connectivity index (χ3n) is 4.06. The van der Waals surface area contributed by atoms with Crippen LogP contribution in [0.3, 0.4) is 0 Å². The Morgan fingerprint density at radius 2 is 1.41 bits per heavy atom. The van der Waals surface area contributed by atoms with Gasteiger partial charge in [0.25, 0.3) is 0 Å². The van der Waals surface area contributed by atoms with Crippen LogP contribution in [0.4, 0.5) is 0 Å². The molecule has 6 heteroatoms. The van der Waals surface area contributed by atoms with E-state index in [0.29, 0.717) is 10.0 Å². The normalized spacial score (nSPS) is 24.2. The zero-order chi connectivity index (χ0) is 15.9. The highest BCUT2D eigenvalue weighted by Gasteiger charge is 2.58. The summed E-state index contributed by atoms with van der Waals surface area (Å²) in [5.74, 6) is -0.496. The predicted molar refractivity (Wildman–Crippen MR) is 87.2 cm³/mol. The molecule has 0 bridgehead atoms. The van der Waals surface area contributed by atoms with Gasteiger partial charge in [-0.05, 0) is 42.0 Å². The fourth-order valence-corrected chi connectivity index (χ4v) is 5.34. The van der Waals surface area contributed by atoms with Crippen LogP contribution in [0.5, 0.6) is 0 Å². The van der Waals surface area contributed by atoms with E-state index in [1.807, 2.05) is 12.1 Å². The lowest BCUT2D eigenvalue weighted by atomic mass is 10.1. The summed E-state index contributed by atoms with van der Waals surface area (Å²) in [5, 5.41) is 9.98. The number of benzene rings is 2. The lowest BCUT2D eigenvalue weighted by Gasteiger charge is -2.04. The highest BCUT2D eigenvalue weighted by molar-refractivity contribution is 7.92. The summed E-state index contributed by atoms with van der Waals surface area (Å²) in [7, 11) is -3.50. The molecule has 1 N–H and O–H groups in total. The van der Waals surface area contributed by atoms with Gasteiger partial charge in [-0.2, -0.15) is 0 Å². The van der Waals surface area contributed by atoms with Gasteiger partial charge in [0.15, 0.2) is 9.84 Å². The molecule has 0 aromatic heterocycles. The maximum Gasteiger partial charge on any atom is 0.182 e. The molecule has 3 rings (SSSR count). The fourth-order valence-electron chi connectivity index (χ4n) is 2.89. The Morgan fingerprint density at radius 3 is 1.91 bits per heavy atom.